The molecule has 0 aliphatic rings. The number of nitrogen functional groups attached to an aromatic ring is 1. The molecule has 0 bridgehead atoms. The molecule has 0 spiro atoms. The van der Waals surface area contributed by atoms with E-state index in [0.29, 0.717) is 0 Å². The Kier molecular flexibility index (Phi) is 3.62. The number of rotatable bonds is 3. The minimum absolute atomic E-state index is 0.00213. The van der Waals surface area contributed by atoms with Gasteiger partial charge in [0.2, 0.25) is 0 Å². The Morgan fingerprint density at radius 3 is 2.76 bits per heavy atom. The largest absolute Gasteiger partial charge is 0.444 e. The lowest BCUT2D eigenvalue weighted by Gasteiger charge is -2.07. The molecule has 0 saturated heterocycles. The molecule has 0 fully saturated rings. The second kappa shape index (κ2) is 4.94. The highest BCUT2D eigenvalue weighted by Gasteiger charge is 2.17. The van der Waals surface area contributed by atoms with E-state index in [1.54, 1.807) is 6.07 Å². The SMILES string of the molecule is C[C@H](C#N)OC(=O)c1ccc([N+](=O)[O-])cc1N. The summed E-state index contributed by atoms with van der Waals surface area (Å²) in [4.78, 5) is 21.3. The number of nitro benzene ring substituents is 1. The van der Waals surface area contributed by atoms with Crippen molar-refractivity contribution in [1.82, 2.24) is 0 Å². The van der Waals surface area contributed by atoms with E-state index in [1.165, 1.54) is 13.0 Å². The van der Waals surface area contributed by atoms with Crippen molar-refractivity contribution in [2.75, 3.05) is 5.73 Å². The number of ether oxygens (including phenoxy) is 1. The first kappa shape index (κ1) is 12.4. The van der Waals surface area contributed by atoms with Gasteiger partial charge in [-0.3, -0.25) is 10.1 Å². The molecule has 2 N–H and O–H groups in total. The van der Waals surface area contributed by atoms with Crippen LogP contribution < -0.4 is 5.73 Å². The van der Waals surface area contributed by atoms with Crippen LogP contribution in [0, 0.1) is 21.4 Å². The fraction of sp³-hybridized carbons (Fsp3) is 0.200. The number of esters is 1. The number of anilines is 1. The first-order valence-electron chi connectivity index (χ1n) is 4.60. The zero-order valence-electron chi connectivity index (χ0n) is 8.91. The van der Waals surface area contributed by atoms with Crippen molar-refractivity contribution in [1.29, 1.82) is 5.26 Å². The third kappa shape index (κ3) is 2.92. The van der Waals surface area contributed by atoms with Gasteiger partial charge in [-0.25, -0.2) is 4.79 Å². The van der Waals surface area contributed by atoms with Gasteiger partial charge in [0.05, 0.1) is 16.2 Å². The predicted molar refractivity (Wildman–Crippen MR) is 58.0 cm³/mol. The maximum atomic E-state index is 11.5. The number of hydrogen-bond donors (Lipinski definition) is 1. The quantitative estimate of drug-likeness (QED) is 0.364. The second-order valence-electron chi connectivity index (χ2n) is 3.21. The van der Waals surface area contributed by atoms with Crippen molar-refractivity contribution in [3.05, 3.63) is 33.9 Å². The number of nitrogens with two attached hydrogens (primary N) is 1. The number of carbonyl (C=O) groups is 1. The zero-order chi connectivity index (χ0) is 13.0. The van der Waals surface area contributed by atoms with Gasteiger partial charge in [-0.05, 0) is 13.0 Å². The molecule has 17 heavy (non-hydrogen) atoms. The molecule has 1 aromatic rings. The number of benzene rings is 1. The minimum atomic E-state index is -0.905. The Bertz CT molecular complexity index is 507. The average molecular weight is 235 g/mol. The van der Waals surface area contributed by atoms with Crippen LogP contribution in [0.1, 0.15) is 17.3 Å². The lowest BCUT2D eigenvalue weighted by Crippen LogP contribution is -2.14. The first-order valence-corrected chi connectivity index (χ1v) is 4.60. The van der Waals surface area contributed by atoms with Crippen LogP contribution in [0.4, 0.5) is 11.4 Å². The maximum Gasteiger partial charge on any atom is 0.341 e. The second-order valence-corrected chi connectivity index (χ2v) is 3.21. The molecule has 7 heteroatoms. The lowest BCUT2D eigenvalue weighted by atomic mass is 10.1. The summed E-state index contributed by atoms with van der Waals surface area (Å²) in [5.41, 5.74) is 5.21. The van der Waals surface area contributed by atoms with E-state index in [0.717, 1.165) is 12.1 Å². The van der Waals surface area contributed by atoms with Crippen molar-refractivity contribution in [3.8, 4) is 6.07 Å². The van der Waals surface area contributed by atoms with Gasteiger partial charge >= 0.3 is 5.97 Å². The zero-order valence-corrected chi connectivity index (χ0v) is 8.91. The Balaban J connectivity index is 2.97. The summed E-state index contributed by atoms with van der Waals surface area (Å²) in [7, 11) is 0. The number of hydrogen-bond acceptors (Lipinski definition) is 6. The number of non-ortho nitro benzene ring substituents is 1. The van der Waals surface area contributed by atoms with E-state index in [-0.39, 0.29) is 16.9 Å². The smallest absolute Gasteiger partial charge is 0.341 e. The van der Waals surface area contributed by atoms with Gasteiger partial charge in [-0.2, -0.15) is 5.26 Å². The summed E-state index contributed by atoms with van der Waals surface area (Å²) in [6.07, 6.45) is -0.905. The normalized spacial score (nSPS) is 11.3. The van der Waals surface area contributed by atoms with Crippen LogP contribution in [0.15, 0.2) is 18.2 Å². The number of nitrogens with zero attached hydrogens (tertiary/aromatic N) is 2. The molecule has 0 amide bonds. The highest BCUT2D eigenvalue weighted by molar-refractivity contribution is 5.95. The summed E-state index contributed by atoms with van der Waals surface area (Å²) in [6, 6.07) is 5.12. The molecule has 0 radical (unpaired) electrons. The van der Waals surface area contributed by atoms with E-state index >= 15 is 0 Å². The summed E-state index contributed by atoms with van der Waals surface area (Å²) in [5.74, 6) is -0.786. The summed E-state index contributed by atoms with van der Waals surface area (Å²) in [6.45, 7) is 1.40. The molecule has 88 valence electrons. The first-order chi connectivity index (χ1) is 7.95. The lowest BCUT2D eigenvalue weighted by molar-refractivity contribution is -0.384. The van der Waals surface area contributed by atoms with E-state index < -0.39 is 17.0 Å². The summed E-state index contributed by atoms with van der Waals surface area (Å²) >= 11 is 0. The van der Waals surface area contributed by atoms with Crippen LogP contribution >= 0.6 is 0 Å². The van der Waals surface area contributed by atoms with Crippen LogP contribution in [-0.2, 0) is 4.74 Å². The molecule has 0 unspecified atom stereocenters. The van der Waals surface area contributed by atoms with E-state index in [4.69, 9.17) is 15.7 Å². The van der Waals surface area contributed by atoms with Crippen molar-refractivity contribution in [3.63, 3.8) is 0 Å². The molecule has 0 saturated carbocycles. The Morgan fingerprint density at radius 2 is 2.29 bits per heavy atom. The van der Waals surface area contributed by atoms with Crippen LogP contribution in [0.25, 0.3) is 0 Å². The molecule has 0 aliphatic heterocycles. The van der Waals surface area contributed by atoms with Gasteiger partial charge in [-0.1, -0.05) is 0 Å². The maximum absolute atomic E-state index is 11.5. The van der Waals surface area contributed by atoms with Gasteiger partial charge in [0, 0.05) is 12.1 Å². The Labute approximate surface area is 96.6 Å². The highest BCUT2D eigenvalue weighted by Crippen LogP contribution is 2.20. The Hall–Kier alpha value is -2.62. The molecule has 0 heterocycles. The van der Waals surface area contributed by atoms with Crippen LogP contribution in [0.3, 0.4) is 0 Å². The molecule has 1 aromatic carbocycles. The summed E-state index contributed by atoms with van der Waals surface area (Å²) < 4.78 is 4.72. The van der Waals surface area contributed by atoms with Gasteiger partial charge in [0.1, 0.15) is 6.07 Å². The van der Waals surface area contributed by atoms with Gasteiger partial charge in [0.15, 0.2) is 6.10 Å². The fourth-order valence-corrected chi connectivity index (χ4v) is 1.10. The van der Waals surface area contributed by atoms with E-state index in [9.17, 15) is 14.9 Å². The monoisotopic (exact) mass is 235 g/mol. The van der Waals surface area contributed by atoms with Crippen LogP contribution in [0.2, 0.25) is 0 Å². The summed E-state index contributed by atoms with van der Waals surface area (Å²) in [5, 5.41) is 18.9. The standard InChI is InChI=1S/C10H9N3O4/c1-6(5-11)17-10(14)8-3-2-7(13(15)16)4-9(8)12/h2-4,6H,12H2,1H3/t6-/m1/s1. The van der Waals surface area contributed by atoms with Crippen molar-refractivity contribution in [2.24, 2.45) is 0 Å². The van der Waals surface area contributed by atoms with E-state index in [1.807, 2.05) is 0 Å². The third-order valence-electron chi connectivity index (χ3n) is 1.93. The number of nitriles is 1. The third-order valence-corrected chi connectivity index (χ3v) is 1.93. The number of carbonyl (C=O) groups excluding carboxylic acids is 1. The van der Waals surface area contributed by atoms with Crippen LogP contribution in [-0.4, -0.2) is 17.0 Å². The molecule has 1 atom stereocenters. The molecule has 0 aromatic heterocycles. The van der Waals surface area contributed by atoms with Gasteiger partial charge in [0.25, 0.3) is 5.69 Å². The van der Waals surface area contributed by atoms with Crippen molar-refractivity contribution in [2.45, 2.75) is 13.0 Å². The minimum Gasteiger partial charge on any atom is -0.444 e. The van der Waals surface area contributed by atoms with Crippen molar-refractivity contribution >= 4 is 17.3 Å². The predicted octanol–water partition coefficient (Wildman–Crippen LogP) is 1.25. The van der Waals surface area contributed by atoms with E-state index in [2.05, 4.69) is 0 Å². The molecule has 1 rings (SSSR count). The Morgan fingerprint density at radius 1 is 1.65 bits per heavy atom. The average Bonchev–Trinajstić information content (AvgIpc) is 2.28. The molecule has 7 nitrogen and oxygen atoms in total. The molecular weight excluding hydrogens is 226 g/mol. The molecular formula is C10H9N3O4. The van der Waals surface area contributed by atoms with Gasteiger partial charge < -0.3 is 10.5 Å². The topological polar surface area (TPSA) is 119 Å². The van der Waals surface area contributed by atoms with Gasteiger partial charge in [-0.15, -0.1) is 0 Å². The number of nitro groups is 1. The van der Waals surface area contributed by atoms with Crippen LogP contribution in [0.5, 0.6) is 0 Å². The molecule has 0 aliphatic carbocycles. The van der Waals surface area contributed by atoms with Crippen molar-refractivity contribution < 1.29 is 14.5 Å². The fourth-order valence-electron chi connectivity index (χ4n) is 1.10. The highest BCUT2D eigenvalue weighted by atomic mass is 16.6.